The zero-order valence-corrected chi connectivity index (χ0v) is 13.6. The van der Waals surface area contributed by atoms with E-state index in [0.29, 0.717) is 0 Å². The largest absolute Gasteiger partial charge is 0.272 e. The highest BCUT2D eigenvalue weighted by atomic mass is 127. The number of hydrogen-bond donors (Lipinski definition) is 0. The van der Waals surface area contributed by atoms with Gasteiger partial charge in [0.1, 0.15) is 0 Å². The third-order valence-electron chi connectivity index (χ3n) is 3.30. The van der Waals surface area contributed by atoms with Crippen LogP contribution >= 0.6 is 22.6 Å². The second-order valence-corrected chi connectivity index (χ2v) is 6.16. The van der Waals surface area contributed by atoms with Gasteiger partial charge in [-0.15, -0.1) is 0 Å². The van der Waals surface area contributed by atoms with Gasteiger partial charge in [0.05, 0.1) is 6.20 Å². The molecule has 1 aromatic carbocycles. The van der Waals surface area contributed by atoms with Crippen LogP contribution in [0.15, 0.2) is 36.7 Å². The molecule has 0 spiro atoms. The molecule has 0 atom stereocenters. The van der Waals surface area contributed by atoms with E-state index in [9.17, 15) is 0 Å². The van der Waals surface area contributed by atoms with Gasteiger partial charge in [-0.05, 0) is 46.7 Å². The Morgan fingerprint density at radius 3 is 2.47 bits per heavy atom. The van der Waals surface area contributed by atoms with E-state index >= 15 is 0 Å². The van der Waals surface area contributed by atoms with E-state index in [1.165, 1.54) is 46.8 Å². The highest BCUT2D eigenvalue weighted by Gasteiger charge is 2.01. The fourth-order valence-corrected chi connectivity index (χ4v) is 2.51. The summed E-state index contributed by atoms with van der Waals surface area (Å²) in [6.07, 6.45) is 10.7. The standard InChI is InChI=1S/C16H21IN2/c1-2-3-4-5-6-11-19-13-15(12-18-19)14-7-9-16(17)10-8-14/h7-10,12-13H,2-6,11H2,1H3. The number of nitrogens with zero attached hydrogens (tertiary/aromatic N) is 2. The maximum absolute atomic E-state index is 4.45. The molecule has 2 rings (SSSR count). The molecule has 0 bridgehead atoms. The SMILES string of the molecule is CCCCCCCn1cc(-c2ccc(I)cc2)cn1. The summed E-state index contributed by atoms with van der Waals surface area (Å²) < 4.78 is 3.34. The van der Waals surface area contributed by atoms with Crippen molar-refractivity contribution in [3.63, 3.8) is 0 Å². The molecule has 3 heteroatoms. The van der Waals surface area contributed by atoms with E-state index in [2.05, 4.69) is 69.8 Å². The minimum Gasteiger partial charge on any atom is -0.272 e. The maximum atomic E-state index is 4.45. The third kappa shape index (κ3) is 4.64. The Bertz CT molecular complexity index is 488. The molecule has 0 saturated carbocycles. The molecule has 1 aromatic heterocycles. The predicted molar refractivity (Wildman–Crippen MR) is 89.1 cm³/mol. The van der Waals surface area contributed by atoms with Crippen LogP contribution in [0.1, 0.15) is 39.0 Å². The second-order valence-electron chi connectivity index (χ2n) is 4.91. The average molecular weight is 368 g/mol. The summed E-state index contributed by atoms with van der Waals surface area (Å²) in [5.74, 6) is 0. The maximum Gasteiger partial charge on any atom is 0.0568 e. The molecular formula is C16H21IN2. The van der Waals surface area contributed by atoms with E-state index in [0.717, 1.165) is 6.54 Å². The van der Waals surface area contributed by atoms with Gasteiger partial charge in [-0.1, -0.05) is 44.7 Å². The van der Waals surface area contributed by atoms with Crippen molar-refractivity contribution in [2.75, 3.05) is 0 Å². The van der Waals surface area contributed by atoms with Crippen molar-refractivity contribution in [2.45, 2.75) is 45.6 Å². The number of aryl methyl sites for hydroxylation is 1. The van der Waals surface area contributed by atoms with Crippen molar-refractivity contribution in [1.82, 2.24) is 9.78 Å². The molecule has 0 N–H and O–H groups in total. The molecule has 1 heterocycles. The van der Waals surface area contributed by atoms with Crippen LogP contribution < -0.4 is 0 Å². The first-order chi connectivity index (χ1) is 9.29. The number of benzene rings is 1. The summed E-state index contributed by atoms with van der Waals surface area (Å²) in [5.41, 5.74) is 2.46. The molecule has 19 heavy (non-hydrogen) atoms. The van der Waals surface area contributed by atoms with E-state index < -0.39 is 0 Å². The van der Waals surface area contributed by atoms with Crippen molar-refractivity contribution in [3.8, 4) is 11.1 Å². The fourth-order valence-electron chi connectivity index (χ4n) is 2.15. The van der Waals surface area contributed by atoms with Crippen LogP contribution in [-0.2, 0) is 6.54 Å². The quantitative estimate of drug-likeness (QED) is 0.490. The molecule has 0 radical (unpaired) electrons. The highest BCUT2D eigenvalue weighted by Crippen LogP contribution is 2.19. The predicted octanol–water partition coefficient (Wildman–Crippen LogP) is 5.13. The van der Waals surface area contributed by atoms with Crippen LogP contribution in [-0.4, -0.2) is 9.78 Å². The van der Waals surface area contributed by atoms with E-state index in [1.807, 2.05) is 6.20 Å². The summed E-state index contributed by atoms with van der Waals surface area (Å²) >= 11 is 2.33. The van der Waals surface area contributed by atoms with Gasteiger partial charge in [-0.25, -0.2) is 0 Å². The Hall–Kier alpha value is -0.840. The molecule has 0 aliphatic rings. The topological polar surface area (TPSA) is 17.8 Å². The Labute approximate surface area is 129 Å². The van der Waals surface area contributed by atoms with Crippen molar-refractivity contribution < 1.29 is 0 Å². The van der Waals surface area contributed by atoms with Crippen LogP contribution in [0.3, 0.4) is 0 Å². The minimum atomic E-state index is 1.04. The Kier molecular flexibility index (Phi) is 5.89. The molecule has 2 aromatic rings. The third-order valence-corrected chi connectivity index (χ3v) is 4.02. The molecule has 2 nitrogen and oxygen atoms in total. The molecule has 0 unspecified atom stereocenters. The number of rotatable bonds is 7. The van der Waals surface area contributed by atoms with Gasteiger partial charge < -0.3 is 0 Å². The lowest BCUT2D eigenvalue weighted by molar-refractivity contribution is 0.533. The average Bonchev–Trinajstić information content (AvgIpc) is 2.88. The van der Waals surface area contributed by atoms with Gasteiger partial charge in [0, 0.05) is 21.9 Å². The minimum absolute atomic E-state index is 1.04. The van der Waals surface area contributed by atoms with E-state index in [4.69, 9.17) is 0 Å². The highest BCUT2D eigenvalue weighted by molar-refractivity contribution is 14.1. The van der Waals surface area contributed by atoms with Crippen molar-refractivity contribution in [3.05, 3.63) is 40.2 Å². The Morgan fingerprint density at radius 2 is 1.74 bits per heavy atom. The molecule has 0 aliphatic carbocycles. The smallest absolute Gasteiger partial charge is 0.0568 e. The summed E-state index contributed by atoms with van der Waals surface area (Å²) in [6.45, 7) is 3.29. The van der Waals surface area contributed by atoms with Crippen LogP contribution in [0.2, 0.25) is 0 Å². The van der Waals surface area contributed by atoms with Gasteiger partial charge in [-0.3, -0.25) is 4.68 Å². The first-order valence-electron chi connectivity index (χ1n) is 7.08. The lowest BCUT2D eigenvalue weighted by Gasteiger charge is -2.01. The van der Waals surface area contributed by atoms with Gasteiger partial charge in [0.2, 0.25) is 0 Å². The van der Waals surface area contributed by atoms with Gasteiger partial charge in [-0.2, -0.15) is 5.10 Å². The first kappa shape index (κ1) is 14.6. The fraction of sp³-hybridized carbons (Fsp3) is 0.438. The molecular weight excluding hydrogens is 347 g/mol. The molecule has 0 amide bonds. The van der Waals surface area contributed by atoms with Crippen LogP contribution in [0, 0.1) is 3.57 Å². The van der Waals surface area contributed by atoms with E-state index in [1.54, 1.807) is 0 Å². The van der Waals surface area contributed by atoms with Crippen LogP contribution in [0.4, 0.5) is 0 Å². The van der Waals surface area contributed by atoms with Crippen molar-refractivity contribution in [1.29, 1.82) is 0 Å². The van der Waals surface area contributed by atoms with Crippen molar-refractivity contribution in [2.24, 2.45) is 0 Å². The zero-order chi connectivity index (χ0) is 13.5. The number of unbranched alkanes of at least 4 members (excludes halogenated alkanes) is 4. The molecule has 0 aliphatic heterocycles. The monoisotopic (exact) mass is 368 g/mol. The van der Waals surface area contributed by atoms with E-state index in [-0.39, 0.29) is 0 Å². The summed E-state index contributed by atoms with van der Waals surface area (Å²) in [6, 6.07) is 8.59. The normalized spacial score (nSPS) is 10.8. The van der Waals surface area contributed by atoms with Crippen LogP contribution in [0.5, 0.6) is 0 Å². The lowest BCUT2D eigenvalue weighted by Crippen LogP contribution is -1.97. The number of aromatic nitrogens is 2. The Balaban J connectivity index is 1.86. The summed E-state index contributed by atoms with van der Waals surface area (Å²) in [4.78, 5) is 0. The summed E-state index contributed by atoms with van der Waals surface area (Å²) in [5, 5.41) is 4.45. The van der Waals surface area contributed by atoms with Gasteiger partial charge in [0.25, 0.3) is 0 Å². The van der Waals surface area contributed by atoms with Crippen molar-refractivity contribution >= 4 is 22.6 Å². The molecule has 102 valence electrons. The summed E-state index contributed by atoms with van der Waals surface area (Å²) in [7, 11) is 0. The lowest BCUT2D eigenvalue weighted by atomic mass is 10.1. The number of hydrogen-bond acceptors (Lipinski definition) is 1. The number of halogens is 1. The van der Waals surface area contributed by atoms with Crippen LogP contribution in [0.25, 0.3) is 11.1 Å². The zero-order valence-electron chi connectivity index (χ0n) is 11.5. The Morgan fingerprint density at radius 1 is 1.00 bits per heavy atom. The molecule has 0 fully saturated rings. The first-order valence-corrected chi connectivity index (χ1v) is 8.16. The van der Waals surface area contributed by atoms with Gasteiger partial charge in [0.15, 0.2) is 0 Å². The molecule has 0 saturated heterocycles. The van der Waals surface area contributed by atoms with Gasteiger partial charge >= 0.3 is 0 Å². The second kappa shape index (κ2) is 7.68.